The zero-order chi connectivity index (χ0) is 20.7. The van der Waals surface area contributed by atoms with Crippen LogP contribution >= 0.6 is 0 Å². The van der Waals surface area contributed by atoms with Gasteiger partial charge in [0.2, 0.25) is 11.9 Å². The SMILES string of the molecule is O=C(CCCN1C(=O)c2ccccc2N2C(=O)c3ccccc3C12)Nc1ncc[nH]1. The number of fused-ring (bicyclic) bond motifs is 5. The van der Waals surface area contributed by atoms with Gasteiger partial charge >= 0.3 is 0 Å². The Morgan fingerprint density at radius 3 is 2.60 bits per heavy atom. The van der Waals surface area contributed by atoms with Crippen LogP contribution in [0.1, 0.15) is 45.3 Å². The summed E-state index contributed by atoms with van der Waals surface area (Å²) in [6.07, 6.45) is 3.38. The van der Waals surface area contributed by atoms with Gasteiger partial charge in [-0.15, -0.1) is 0 Å². The summed E-state index contributed by atoms with van der Waals surface area (Å²) < 4.78 is 0. The number of amides is 3. The molecule has 1 aromatic heterocycles. The lowest BCUT2D eigenvalue weighted by atomic mass is 10.0. The van der Waals surface area contributed by atoms with Gasteiger partial charge in [-0.1, -0.05) is 30.3 Å². The Bertz CT molecular complexity index is 1140. The van der Waals surface area contributed by atoms with Crippen molar-refractivity contribution in [1.29, 1.82) is 0 Å². The summed E-state index contributed by atoms with van der Waals surface area (Å²) >= 11 is 0. The average Bonchev–Trinajstić information content (AvgIpc) is 3.37. The van der Waals surface area contributed by atoms with Crippen molar-refractivity contribution in [3.05, 3.63) is 77.6 Å². The summed E-state index contributed by atoms with van der Waals surface area (Å²) in [6, 6.07) is 14.5. The van der Waals surface area contributed by atoms with Crippen molar-refractivity contribution in [2.45, 2.75) is 19.0 Å². The third-order valence-corrected chi connectivity index (χ3v) is 5.44. The molecule has 150 valence electrons. The van der Waals surface area contributed by atoms with Gasteiger partial charge < -0.3 is 9.88 Å². The third-order valence-electron chi connectivity index (χ3n) is 5.44. The summed E-state index contributed by atoms with van der Waals surface area (Å²) in [5, 5.41) is 2.68. The largest absolute Gasteiger partial charge is 0.331 e. The van der Waals surface area contributed by atoms with Crippen LogP contribution in [-0.4, -0.2) is 39.1 Å². The highest BCUT2D eigenvalue weighted by atomic mass is 16.2. The van der Waals surface area contributed by atoms with E-state index in [0.29, 0.717) is 35.7 Å². The fourth-order valence-corrected chi connectivity index (χ4v) is 4.14. The number of aromatic amines is 1. The highest BCUT2D eigenvalue weighted by Gasteiger charge is 2.47. The second kappa shape index (κ2) is 7.14. The van der Waals surface area contributed by atoms with E-state index in [9.17, 15) is 14.4 Å². The average molecular weight is 401 g/mol. The van der Waals surface area contributed by atoms with Crippen molar-refractivity contribution >= 4 is 29.4 Å². The maximum absolute atomic E-state index is 13.3. The molecular weight excluding hydrogens is 382 g/mol. The molecule has 3 aromatic rings. The van der Waals surface area contributed by atoms with Crippen LogP contribution in [0.3, 0.4) is 0 Å². The van der Waals surface area contributed by atoms with Gasteiger partial charge in [0.1, 0.15) is 6.17 Å². The Hall–Kier alpha value is -3.94. The second-order valence-corrected chi connectivity index (χ2v) is 7.24. The predicted octanol–water partition coefficient (Wildman–Crippen LogP) is 2.94. The van der Waals surface area contributed by atoms with E-state index in [1.54, 1.807) is 46.5 Å². The van der Waals surface area contributed by atoms with E-state index in [1.807, 2.05) is 24.3 Å². The molecule has 0 saturated carbocycles. The highest BCUT2D eigenvalue weighted by molar-refractivity contribution is 6.16. The van der Waals surface area contributed by atoms with Gasteiger partial charge in [-0.05, 0) is 24.6 Å². The minimum Gasteiger partial charge on any atom is -0.331 e. The number of imidazole rings is 1. The van der Waals surface area contributed by atoms with E-state index in [2.05, 4.69) is 15.3 Å². The summed E-state index contributed by atoms with van der Waals surface area (Å²) in [5.41, 5.74) is 2.54. The van der Waals surface area contributed by atoms with Crippen LogP contribution in [0.2, 0.25) is 0 Å². The quantitative estimate of drug-likeness (QED) is 0.687. The lowest BCUT2D eigenvalue weighted by Gasteiger charge is -2.41. The highest BCUT2D eigenvalue weighted by Crippen LogP contribution is 2.45. The number of rotatable bonds is 5. The molecule has 1 unspecified atom stereocenters. The van der Waals surface area contributed by atoms with Crippen LogP contribution in [0.4, 0.5) is 11.6 Å². The molecular formula is C22H19N5O3. The number of hydrogen-bond donors (Lipinski definition) is 2. The number of benzene rings is 2. The minimum absolute atomic E-state index is 0.115. The zero-order valence-electron chi connectivity index (χ0n) is 16.0. The number of nitrogens with zero attached hydrogens (tertiary/aromatic N) is 3. The molecule has 0 radical (unpaired) electrons. The van der Waals surface area contributed by atoms with Crippen LogP contribution in [0.25, 0.3) is 0 Å². The number of para-hydroxylation sites is 1. The van der Waals surface area contributed by atoms with Crippen LogP contribution in [-0.2, 0) is 4.79 Å². The Labute approximate surface area is 172 Å². The third kappa shape index (κ3) is 2.85. The normalized spacial score (nSPS) is 16.9. The fraction of sp³-hybridized carbons (Fsp3) is 0.182. The predicted molar refractivity (Wildman–Crippen MR) is 110 cm³/mol. The van der Waals surface area contributed by atoms with Gasteiger partial charge in [0.05, 0.1) is 11.3 Å². The molecule has 30 heavy (non-hydrogen) atoms. The van der Waals surface area contributed by atoms with Crippen molar-refractivity contribution in [2.24, 2.45) is 0 Å². The van der Waals surface area contributed by atoms with E-state index in [-0.39, 0.29) is 24.1 Å². The van der Waals surface area contributed by atoms with Crippen molar-refractivity contribution in [3.8, 4) is 0 Å². The first kappa shape index (κ1) is 18.1. The summed E-state index contributed by atoms with van der Waals surface area (Å²) in [5.74, 6) is -0.0436. The van der Waals surface area contributed by atoms with E-state index in [0.717, 1.165) is 5.56 Å². The molecule has 0 fully saturated rings. The van der Waals surface area contributed by atoms with E-state index >= 15 is 0 Å². The number of H-pyrrole nitrogens is 1. The Kier molecular flexibility index (Phi) is 4.31. The smallest absolute Gasteiger partial charge is 0.260 e. The number of nitrogens with one attached hydrogen (secondary N) is 2. The number of hydrogen-bond acceptors (Lipinski definition) is 4. The molecule has 8 heteroatoms. The molecule has 0 aliphatic carbocycles. The van der Waals surface area contributed by atoms with E-state index in [1.165, 1.54) is 0 Å². The molecule has 2 N–H and O–H groups in total. The first-order valence-corrected chi connectivity index (χ1v) is 9.77. The molecule has 8 nitrogen and oxygen atoms in total. The van der Waals surface area contributed by atoms with Crippen LogP contribution in [0, 0.1) is 0 Å². The van der Waals surface area contributed by atoms with E-state index < -0.39 is 6.17 Å². The first-order chi connectivity index (χ1) is 14.6. The molecule has 3 amide bonds. The lowest BCUT2D eigenvalue weighted by Crippen LogP contribution is -2.48. The number of anilines is 2. The molecule has 1 atom stereocenters. The second-order valence-electron chi connectivity index (χ2n) is 7.24. The number of carbonyl (C=O) groups is 3. The van der Waals surface area contributed by atoms with Gasteiger partial charge in [0.25, 0.3) is 11.8 Å². The van der Waals surface area contributed by atoms with Crippen molar-refractivity contribution < 1.29 is 14.4 Å². The van der Waals surface area contributed by atoms with Gasteiger partial charge in [0.15, 0.2) is 0 Å². The van der Waals surface area contributed by atoms with E-state index in [4.69, 9.17) is 0 Å². The van der Waals surface area contributed by atoms with Crippen molar-refractivity contribution in [1.82, 2.24) is 14.9 Å². The molecule has 2 aromatic carbocycles. The zero-order valence-corrected chi connectivity index (χ0v) is 16.0. The summed E-state index contributed by atoms with van der Waals surface area (Å²) in [6.45, 7) is 0.349. The van der Waals surface area contributed by atoms with Crippen molar-refractivity contribution in [3.63, 3.8) is 0 Å². The maximum atomic E-state index is 13.3. The Morgan fingerprint density at radius 2 is 1.80 bits per heavy atom. The lowest BCUT2D eigenvalue weighted by molar-refractivity contribution is -0.116. The van der Waals surface area contributed by atoms with Gasteiger partial charge in [-0.3, -0.25) is 24.6 Å². The topological polar surface area (TPSA) is 98.4 Å². The first-order valence-electron chi connectivity index (χ1n) is 9.77. The fourth-order valence-electron chi connectivity index (χ4n) is 4.14. The van der Waals surface area contributed by atoms with Crippen LogP contribution in [0.5, 0.6) is 0 Å². The number of carbonyl (C=O) groups excluding carboxylic acids is 3. The van der Waals surface area contributed by atoms with Crippen molar-refractivity contribution in [2.75, 3.05) is 16.8 Å². The van der Waals surface area contributed by atoms with Crippen LogP contribution in [0.15, 0.2) is 60.9 Å². The molecule has 0 bridgehead atoms. The van der Waals surface area contributed by atoms with Gasteiger partial charge in [-0.2, -0.15) is 0 Å². The van der Waals surface area contributed by atoms with Gasteiger partial charge in [-0.25, -0.2) is 4.98 Å². The molecule has 0 saturated heterocycles. The molecule has 2 aliphatic heterocycles. The minimum atomic E-state index is -0.496. The molecule has 0 spiro atoms. The molecule has 2 aliphatic rings. The van der Waals surface area contributed by atoms with Gasteiger partial charge in [0, 0.05) is 36.5 Å². The summed E-state index contributed by atoms with van der Waals surface area (Å²) in [4.78, 5) is 48.7. The van der Waals surface area contributed by atoms with Crippen LogP contribution < -0.4 is 10.2 Å². The number of aromatic nitrogens is 2. The maximum Gasteiger partial charge on any atom is 0.260 e. The Morgan fingerprint density at radius 1 is 1.03 bits per heavy atom. The summed E-state index contributed by atoms with van der Waals surface area (Å²) in [7, 11) is 0. The standard InChI is InChI=1S/C22H19N5O3/c28-18(25-22-23-11-12-24-22)10-5-13-26-19-14-6-1-2-7-15(14)21(30)27(19)17-9-4-3-8-16(17)20(26)29/h1-4,6-9,11-12,19H,5,10,13H2,(H2,23,24,25,28). The Balaban J connectivity index is 1.41. The molecule has 3 heterocycles. The monoisotopic (exact) mass is 401 g/mol. The molecule has 5 rings (SSSR count).